The summed E-state index contributed by atoms with van der Waals surface area (Å²) in [7, 11) is 0. The number of anilines is 1. The van der Waals surface area contributed by atoms with Crippen LogP contribution in [0.5, 0.6) is 0 Å². The van der Waals surface area contributed by atoms with Crippen LogP contribution in [0, 0.1) is 23.2 Å². The number of hydrogen-bond donors (Lipinski definition) is 1. The zero-order valence-corrected chi connectivity index (χ0v) is 12.8. The predicted octanol–water partition coefficient (Wildman–Crippen LogP) is 1.44. The molecule has 0 spiro atoms. The molecule has 2 fully saturated rings. The maximum atomic E-state index is 12.1. The number of carbonyl (C=O) groups is 1. The zero-order valence-electron chi connectivity index (χ0n) is 12.8. The van der Waals surface area contributed by atoms with E-state index in [2.05, 4.69) is 28.2 Å². The van der Waals surface area contributed by atoms with E-state index in [0.29, 0.717) is 24.6 Å². The highest BCUT2D eigenvalue weighted by Gasteiger charge is 2.33. The minimum Gasteiger partial charge on any atom is -0.353 e. The topological polar surface area (TPSA) is 72.3 Å². The van der Waals surface area contributed by atoms with E-state index < -0.39 is 0 Å². The van der Waals surface area contributed by atoms with E-state index in [-0.39, 0.29) is 6.03 Å². The molecule has 1 aliphatic heterocycles. The molecule has 0 radical (unpaired) electrons. The third kappa shape index (κ3) is 3.30. The lowest BCUT2D eigenvalue weighted by atomic mass is 10.2. The van der Waals surface area contributed by atoms with Gasteiger partial charge in [0.05, 0.1) is 11.6 Å². The first kappa shape index (κ1) is 14.6. The largest absolute Gasteiger partial charge is 0.353 e. The lowest BCUT2D eigenvalue weighted by Crippen LogP contribution is -2.52. The number of nitrogens with zero attached hydrogens (tertiary/aromatic N) is 4. The number of pyridine rings is 1. The van der Waals surface area contributed by atoms with Gasteiger partial charge in [0.2, 0.25) is 0 Å². The first-order valence-electron chi connectivity index (χ1n) is 7.81. The number of carbonyl (C=O) groups excluding carboxylic acids is 1. The fraction of sp³-hybridized carbons (Fsp3) is 0.562. The molecule has 0 bridgehead atoms. The molecule has 2 unspecified atom stereocenters. The van der Waals surface area contributed by atoms with E-state index in [1.165, 1.54) is 6.42 Å². The molecule has 6 heteroatoms. The minimum absolute atomic E-state index is 0.0393. The minimum atomic E-state index is 0.0393. The van der Waals surface area contributed by atoms with Crippen molar-refractivity contribution < 1.29 is 4.79 Å². The van der Waals surface area contributed by atoms with Crippen LogP contribution in [0.15, 0.2) is 18.3 Å². The van der Waals surface area contributed by atoms with Crippen LogP contribution >= 0.6 is 0 Å². The van der Waals surface area contributed by atoms with Crippen LogP contribution in [0.2, 0.25) is 0 Å². The lowest BCUT2D eigenvalue weighted by Gasteiger charge is -2.35. The van der Waals surface area contributed by atoms with Gasteiger partial charge in [-0.1, -0.05) is 6.92 Å². The standard InChI is InChI=1S/C16H21N5O/c1-12-8-14(12)11-19-16(22)21-6-4-20(5-7-21)15-9-13(10-17)2-3-18-15/h2-3,9,12,14H,4-8,11H2,1H3,(H,19,22). The number of nitriles is 1. The lowest BCUT2D eigenvalue weighted by molar-refractivity contribution is 0.193. The van der Waals surface area contributed by atoms with E-state index in [0.717, 1.165) is 31.4 Å². The summed E-state index contributed by atoms with van der Waals surface area (Å²) in [6, 6.07) is 5.66. The Morgan fingerprint density at radius 2 is 2.18 bits per heavy atom. The molecule has 6 nitrogen and oxygen atoms in total. The molecule has 1 aliphatic carbocycles. The maximum absolute atomic E-state index is 12.1. The fourth-order valence-electron chi connectivity index (χ4n) is 2.81. The van der Waals surface area contributed by atoms with Crippen LogP contribution in [-0.2, 0) is 0 Å². The molecule has 2 heterocycles. The summed E-state index contributed by atoms with van der Waals surface area (Å²) < 4.78 is 0. The SMILES string of the molecule is CC1CC1CNC(=O)N1CCN(c2cc(C#N)ccn2)CC1. The average molecular weight is 299 g/mol. The number of hydrogen-bond acceptors (Lipinski definition) is 4. The summed E-state index contributed by atoms with van der Waals surface area (Å²) in [6.45, 7) is 5.88. The van der Waals surface area contributed by atoms with Crippen LogP contribution < -0.4 is 10.2 Å². The molecule has 1 N–H and O–H groups in total. The predicted molar refractivity (Wildman–Crippen MR) is 83.4 cm³/mol. The molecule has 1 saturated heterocycles. The Hall–Kier alpha value is -2.29. The first-order valence-corrected chi connectivity index (χ1v) is 7.81. The molecular weight excluding hydrogens is 278 g/mol. The van der Waals surface area contributed by atoms with Crippen molar-refractivity contribution in [2.45, 2.75) is 13.3 Å². The Balaban J connectivity index is 1.49. The number of amides is 2. The van der Waals surface area contributed by atoms with Crippen LogP contribution in [0.4, 0.5) is 10.6 Å². The van der Waals surface area contributed by atoms with Crippen molar-refractivity contribution in [3.8, 4) is 6.07 Å². The summed E-state index contributed by atoms with van der Waals surface area (Å²) in [4.78, 5) is 20.4. The van der Waals surface area contributed by atoms with Crippen molar-refractivity contribution in [1.29, 1.82) is 5.26 Å². The third-order valence-electron chi connectivity index (χ3n) is 4.56. The quantitative estimate of drug-likeness (QED) is 0.916. The Morgan fingerprint density at radius 1 is 1.45 bits per heavy atom. The number of urea groups is 1. The third-order valence-corrected chi connectivity index (χ3v) is 4.56. The highest BCUT2D eigenvalue weighted by atomic mass is 16.2. The van der Waals surface area contributed by atoms with Crippen LogP contribution in [0.25, 0.3) is 0 Å². The summed E-state index contributed by atoms with van der Waals surface area (Å²) in [6.07, 6.45) is 2.89. The summed E-state index contributed by atoms with van der Waals surface area (Å²) in [5.41, 5.74) is 0.615. The Labute approximate surface area is 130 Å². The highest BCUT2D eigenvalue weighted by Crippen LogP contribution is 2.36. The second kappa shape index (κ2) is 6.22. The van der Waals surface area contributed by atoms with Gasteiger partial charge in [0.1, 0.15) is 5.82 Å². The normalized spacial score (nSPS) is 23.8. The van der Waals surface area contributed by atoms with E-state index in [1.54, 1.807) is 18.3 Å². The van der Waals surface area contributed by atoms with E-state index in [4.69, 9.17) is 5.26 Å². The Bertz CT molecular complexity index is 588. The molecular formula is C16H21N5O. The molecule has 2 amide bonds. The van der Waals surface area contributed by atoms with Gasteiger partial charge >= 0.3 is 6.03 Å². The molecule has 1 aromatic rings. The van der Waals surface area contributed by atoms with Gasteiger partial charge in [-0.15, -0.1) is 0 Å². The zero-order chi connectivity index (χ0) is 15.5. The Kier molecular flexibility index (Phi) is 4.14. The molecule has 3 rings (SSSR count). The number of rotatable bonds is 3. The molecule has 2 atom stereocenters. The van der Waals surface area contributed by atoms with Crippen molar-refractivity contribution in [1.82, 2.24) is 15.2 Å². The fourth-order valence-corrected chi connectivity index (χ4v) is 2.81. The van der Waals surface area contributed by atoms with Gasteiger partial charge < -0.3 is 15.1 Å². The van der Waals surface area contributed by atoms with Gasteiger partial charge in [-0.2, -0.15) is 5.26 Å². The summed E-state index contributed by atoms with van der Waals surface area (Å²) >= 11 is 0. The molecule has 0 aromatic carbocycles. The number of piperazine rings is 1. The van der Waals surface area contributed by atoms with Crippen LogP contribution in [0.3, 0.4) is 0 Å². The smallest absolute Gasteiger partial charge is 0.317 e. The van der Waals surface area contributed by atoms with Gasteiger partial charge in [-0.3, -0.25) is 0 Å². The average Bonchev–Trinajstić information content (AvgIpc) is 3.28. The maximum Gasteiger partial charge on any atom is 0.317 e. The summed E-state index contributed by atoms with van der Waals surface area (Å²) in [5, 5.41) is 12.0. The number of aromatic nitrogens is 1. The van der Waals surface area contributed by atoms with Gasteiger partial charge in [0, 0.05) is 38.9 Å². The second-order valence-electron chi connectivity index (χ2n) is 6.15. The van der Waals surface area contributed by atoms with Crippen molar-refractivity contribution in [3.05, 3.63) is 23.9 Å². The van der Waals surface area contributed by atoms with Crippen LogP contribution in [-0.4, -0.2) is 48.6 Å². The van der Waals surface area contributed by atoms with E-state index in [9.17, 15) is 4.79 Å². The van der Waals surface area contributed by atoms with Gasteiger partial charge in [0.15, 0.2) is 0 Å². The van der Waals surface area contributed by atoms with Gasteiger partial charge in [-0.25, -0.2) is 9.78 Å². The van der Waals surface area contributed by atoms with Crippen molar-refractivity contribution in [2.24, 2.45) is 11.8 Å². The van der Waals surface area contributed by atoms with Crippen molar-refractivity contribution in [2.75, 3.05) is 37.6 Å². The second-order valence-corrected chi connectivity index (χ2v) is 6.15. The summed E-state index contributed by atoms with van der Waals surface area (Å²) in [5.74, 6) is 2.24. The van der Waals surface area contributed by atoms with Gasteiger partial charge in [-0.05, 0) is 30.4 Å². The molecule has 1 saturated carbocycles. The molecule has 1 aromatic heterocycles. The van der Waals surface area contributed by atoms with Crippen molar-refractivity contribution in [3.63, 3.8) is 0 Å². The van der Waals surface area contributed by atoms with E-state index in [1.807, 2.05) is 4.90 Å². The van der Waals surface area contributed by atoms with E-state index >= 15 is 0 Å². The van der Waals surface area contributed by atoms with Gasteiger partial charge in [0.25, 0.3) is 0 Å². The Morgan fingerprint density at radius 3 is 2.82 bits per heavy atom. The van der Waals surface area contributed by atoms with Crippen LogP contribution in [0.1, 0.15) is 18.9 Å². The molecule has 22 heavy (non-hydrogen) atoms. The monoisotopic (exact) mass is 299 g/mol. The highest BCUT2D eigenvalue weighted by molar-refractivity contribution is 5.74. The van der Waals surface area contributed by atoms with Crippen molar-refractivity contribution >= 4 is 11.8 Å². The number of nitrogens with one attached hydrogen (secondary N) is 1. The molecule has 2 aliphatic rings. The molecule has 116 valence electrons. The first-order chi connectivity index (χ1) is 10.7.